The van der Waals surface area contributed by atoms with Gasteiger partial charge in [0.25, 0.3) is 5.91 Å². The molecule has 0 radical (unpaired) electrons. The molecule has 2 aromatic carbocycles. The SMILES string of the molecule is CCCOc1ccc(C2C(C(=O)Nc3ccc(C)cc3)=C(C)Nc3nnnn32)cc1OC. The number of anilines is 2. The molecule has 0 fully saturated rings. The summed E-state index contributed by atoms with van der Waals surface area (Å²) in [6.45, 7) is 6.47. The summed E-state index contributed by atoms with van der Waals surface area (Å²) in [5, 5.41) is 18.1. The van der Waals surface area contributed by atoms with E-state index < -0.39 is 6.04 Å². The van der Waals surface area contributed by atoms with Crippen molar-refractivity contribution < 1.29 is 14.3 Å². The fourth-order valence-electron chi connectivity index (χ4n) is 3.64. The fraction of sp³-hybridized carbons (Fsp3) is 0.304. The monoisotopic (exact) mass is 434 g/mol. The highest BCUT2D eigenvalue weighted by atomic mass is 16.5. The molecule has 3 aromatic rings. The summed E-state index contributed by atoms with van der Waals surface area (Å²) >= 11 is 0. The molecule has 1 amide bonds. The third-order valence-corrected chi connectivity index (χ3v) is 5.23. The fourth-order valence-corrected chi connectivity index (χ4v) is 3.64. The lowest BCUT2D eigenvalue weighted by Crippen LogP contribution is -2.31. The van der Waals surface area contributed by atoms with Crippen LogP contribution in [-0.4, -0.2) is 39.8 Å². The molecule has 0 bridgehead atoms. The zero-order valence-corrected chi connectivity index (χ0v) is 18.5. The zero-order valence-electron chi connectivity index (χ0n) is 18.5. The van der Waals surface area contributed by atoms with Crippen LogP contribution >= 0.6 is 0 Å². The number of benzene rings is 2. The lowest BCUT2D eigenvalue weighted by molar-refractivity contribution is -0.113. The Balaban J connectivity index is 1.74. The first kappa shape index (κ1) is 21.4. The molecular formula is C23H26N6O3. The van der Waals surface area contributed by atoms with E-state index >= 15 is 0 Å². The first-order chi connectivity index (χ1) is 15.5. The van der Waals surface area contributed by atoms with Gasteiger partial charge in [0.1, 0.15) is 6.04 Å². The Kier molecular flexibility index (Phi) is 6.07. The van der Waals surface area contributed by atoms with Gasteiger partial charge >= 0.3 is 0 Å². The van der Waals surface area contributed by atoms with Crippen molar-refractivity contribution in [3.8, 4) is 11.5 Å². The van der Waals surface area contributed by atoms with Gasteiger partial charge in [-0.3, -0.25) is 4.79 Å². The number of aromatic nitrogens is 4. The number of aryl methyl sites for hydroxylation is 1. The molecule has 2 N–H and O–H groups in total. The second-order valence-corrected chi connectivity index (χ2v) is 7.59. The number of hydrogen-bond donors (Lipinski definition) is 2. The summed E-state index contributed by atoms with van der Waals surface area (Å²) < 4.78 is 12.9. The van der Waals surface area contributed by atoms with E-state index in [0.29, 0.717) is 41.0 Å². The van der Waals surface area contributed by atoms with E-state index in [1.807, 2.05) is 63.2 Å². The molecule has 1 aliphatic rings. The molecule has 0 spiro atoms. The number of rotatable bonds is 7. The van der Waals surface area contributed by atoms with Gasteiger partial charge in [0, 0.05) is 11.4 Å². The smallest absolute Gasteiger partial charge is 0.255 e. The summed E-state index contributed by atoms with van der Waals surface area (Å²) in [6.07, 6.45) is 0.887. The Labute approximate surface area is 186 Å². The van der Waals surface area contributed by atoms with Gasteiger partial charge in [-0.05, 0) is 60.5 Å². The molecule has 9 heteroatoms. The van der Waals surface area contributed by atoms with Crippen LogP contribution in [0.2, 0.25) is 0 Å². The van der Waals surface area contributed by atoms with Crippen molar-refractivity contribution in [1.82, 2.24) is 20.2 Å². The number of amides is 1. The number of ether oxygens (including phenoxy) is 2. The van der Waals surface area contributed by atoms with Crippen LogP contribution in [-0.2, 0) is 4.79 Å². The molecule has 0 saturated heterocycles. The first-order valence-electron chi connectivity index (χ1n) is 10.5. The second kappa shape index (κ2) is 9.09. The van der Waals surface area contributed by atoms with Gasteiger partial charge in [-0.1, -0.05) is 35.8 Å². The second-order valence-electron chi connectivity index (χ2n) is 7.59. The van der Waals surface area contributed by atoms with Crippen molar-refractivity contribution in [1.29, 1.82) is 0 Å². The van der Waals surface area contributed by atoms with E-state index in [0.717, 1.165) is 17.5 Å². The highest BCUT2D eigenvalue weighted by molar-refractivity contribution is 6.06. The predicted molar refractivity (Wildman–Crippen MR) is 121 cm³/mol. The molecule has 9 nitrogen and oxygen atoms in total. The van der Waals surface area contributed by atoms with Crippen LogP contribution in [0.1, 0.15) is 37.4 Å². The number of nitrogens with zero attached hydrogens (tertiary/aromatic N) is 4. The number of hydrogen-bond acceptors (Lipinski definition) is 7. The van der Waals surface area contributed by atoms with Crippen molar-refractivity contribution in [2.45, 2.75) is 33.2 Å². The van der Waals surface area contributed by atoms with E-state index in [2.05, 4.69) is 26.2 Å². The minimum Gasteiger partial charge on any atom is -0.493 e. The minimum absolute atomic E-state index is 0.240. The summed E-state index contributed by atoms with van der Waals surface area (Å²) in [7, 11) is 1.59. The maximum absolute atomic E-state index is 13.4. The molecule has 1 unspecified atom stereocenters. The van der Waals surface area contributed by atoms with E-state index in [1.54, 1.807) is 11.8 Å². The van der Waals surface area contributed by atoms with Gasteiger partial charge in [-0.25, -0.2) is 0 Å². The summed E-state index contributed by atoms with van der Waals surface area (Å²) in [6, 6.07) is 12.7. The minimum atomic E-state index is -0.541. The van der Waals surface area contributed by atoms with Crippen LogP contribution in [0, 0.1) is 6.92 Å². The molecule has 1 atom stereocenters. The lowest BCUT2D eigenvalue weighted by atomic mass is 9.94. The predicted octanol–water partition coefficient (Wildman–Crippen LogP) is 3.71. The lowest BCUT2D eigenvalue weighted by Gasteiger charge is -2.28. The van der Waals surface area contributed by atoms with Crippen molar-refractivity contribution in [3.63, 3.8) is 0 Å². The van der Waals surface area contributed by atoms with Gasteiger partial charge in [0.05, 0.1) is 19.3 Å². The largest absolute Gasteiger partial charge is 0.493 e. The normalized spacial score (nSPS) is 15.1. The van der Waals surface area contributed by atoms with Crippen molar-refractivity contribution in [2.24, 2.45) is 0 Å². The number of tetrazole rings is 1. The molecule has 32 heavy (non-hydrogen) atoms. The van der Waals surface area contributed by atoms with E-state index in [1.165, 1.54) is 0 Å². The van der Waals surface area contributed by atoms with Crippen LogP contribution in [0.15, 0.2) is 53.7 Å². The molecular weight excluding hydrogens is 408 g/mol. The Bertz CT molecular complexity index is 1150. The Morgan fingerprint density at radius 1 is 1.16 bits per heavy atom. The summed E-state index contributed by atoms with van der Waals surface area (Å²) in [5.74, 6) is 1.45. The number of nitrogens with one attached hydrogen (secondary N) is 2. The highest BCUT2D eigenvalue weighted by Crippen LogP contribution is 2.38. The number of fused-ring (bicyclic) bond motifs is 1. The maximum Gasteiger partial charge on any atom is 0.255 e. The molecule has 0 saturated carbocycles. The number of allylic oxidation sites excluding steroid dienone is 1. The third-order valence-electron chi connectivity index (χ3n) is 5.23. The van der Waals surface area contributed by atoms with Crippen LogP contribution in [0.5, 0.6) is 11.5 Å². The third kappa shape index (κ3) is 4.14. The standard InChI is InChI=1S/C23H26N6O3/c1-5-12-32-18-11-8-16(13-19(18)31-4)21-20(15(3)24-23-26-27-28-29(21)23)22(30)25-17-9-6-14(2)7-10-17/h6-11,13,21H,5,12H2,1-4H3,(H,25,30)(H,24,26,28). The molecule has 4 rings (SSSR count). The molecule has 1 aliphatic heterocycles. The van der Waals surface area contributed by atoms with E-state index in [-0.39, 0.29) is 5.91 Å². The Morgan fingerprint density at radius 2 is 1.94 bits per heavy atom. The van der Waals surface area contributed by atoms with Crippen LogP contribution in [0.3, 0.4) is 0 Å². The van der Waals surface area contributed by atoms with Crippen molar-refractivity contribution in [2.75, 3.05) is 24.4 Å². The Morgan fingerprint density at radius 3 is 2.66 bits per heavy atom. The zero-order chi connectivity index (χ0) is 22.7. The van der Waals surface area contributed by atoms with Crippen LogP contribution < -0.4 is 20.1 Å². The van der Waals surface area contributed by atoms with E-state index in [9.17, 15) is 4.79 Å². The van der Waals surface area contributed by atoms with Gasteiger partial charge in [-0.15, -0.1) is 0 Å². The quantitative estimate of drug-likeness (QED) is 0.584. The van der Waals surface area contributed by atoms with Gasteiger partial charge in [-0.2, -0.15) is 4.68 Å². The number of methoxy groups -OCH3 is 1. The first-order valence-corrected chi connectivity index (χ1v) is 10.5. The van der Waals surface area contributed by atoms with Gasteiger partial charge < -0.3 is 20.1 Å². The van der Waals surface area contributed by atoms with Crippen molar-refractivity contribution in [3.05, 3.63) is 64.9 Å². The highest BCUT2D eigenvalue weighted by Gasteiger charge is 2.34. The van der Waals surface area contributed by atoms with Gasteiger partial charge in [0.15, 0.2) is 11.5 Å². The summed E-state index contributed by atoms with van der Waals surface area (Å²) in [4.78, 5) is 13.4. The maximum atomic E-state index is 13.4. The average Bonchev–Trinajstić information content (AvgIpc) is 3.26. The van der Waals surface area contributed by atoms with Gasteiger partial charge in [0.2, 0.25) is 5.95 Å². The summed E-state index contributed by atoms with van der Waals surface area (Å²) in [5.41, 5.74) is 3.81. The molecule has 1 aromatic heterocycles. The average molecular weight is 435 g/mol. The molecule has 0 aliphatic carbocycles. The topological polar surface area (TPSA) is 103 Å². The van der Waals surface area contributed by atoms with Crippen LogP contribution in [0.4, 0.5) is 11.6 Å². The number of carbonyl (C=O) groups excluding carboxylic acids is 1. The van der Waals surface area contributed by atoms with Crippen LogP contribution in [0.25, 0.3) is 0 Å². The Hall–Kier alpha value is -3.88. The molecule has 166 valence electrons. The molecule has 2 heterocycles. The van der Waals surface area contributed by atoms with E-state index in [4.69, 9.17) is 9.47 Å². The van der Waals surface area contributed by atoms with Crippen molar-refractivity contribution >= 4 is 17.5 Å². The number of carbonyl (C=O) groups is 1.